The third-order valence-electron chi connectivity index (χ3n) is 4.84. The monoisotopic (exact) mass is 399 g/mol. The van der Waals surface area contributed by atoms with Gasteiger partial charge in [-0.25, -0.2) is 4.79 Å². The first kappa shape index (κ1) is 18.9. The number of aryl methyl sites for hydroxylation is 1. The van der Waals surface area contributed by atoms with Crippen molar-refractivity contribution in [3.8, 4) is 11.5 Å². The van der Waals surface area contributed by atoms with Crippen molar-refractivity contribution in [3.63, 3.8) is 0 Å². The maximum absolute atomic E-state index is 12.6. The summed E-state index contributed by atoms with van der Waals surface area (Å²) in [6.07, 6.45) is 1.20. The van der Waals surface area contributed by atoms with Crippen molar-refractivity contribution in [2.75, 3.05) is 26.6 Å². The topological polar surface area (TPSA) is 85.2 Å². The number of rotatable bonds is 6. The van der Waals surface area contributed by atoms with Gasteiger partial charge in [0, 0.05) is 23.5 Å². The third-order valence-corrected chi connectivity index (χ3v) is 4.84. The summed E-state index contributed by atoms with van der Waals surface area (Å²) in [6.45, 7) is 4.90. The standard InChI is InChI=1S/C21H21NO7/c1-13-7-16(17(23)10-27-21(24)20-11-25-5-6-26-20)14(2)22(13)9-15-3-4-18-19(8-15)29-12-28-18/h3-4,7-8,11H,5-6,9-10,12H2,1-2H3. The van der Waals surface area contributed by atoms with Gasteiger partial charge in [-0.1, -0.05) is 6.07 Å². The van der Waals surface area contributed by atoms with Gasteiger partial charge in [0.25, 0.3) is 0 Å². The van der Waals surface area contributed by atoms with Gasteiger partial charge in [0.1, 0.15) is 19.5 Å². The predicted molar refractivity (Wildman–Crippen MR) is 101 cm³/mol. The molecule has 2 aliphatic heterocycles. The molecule has 0 aliphatic carbocycles. The van der Waals surface area contributed by atoms with E-state index in [1.807, 2.05) is 36.6 Å². The molecule has 1 aromatic heterocycles. The van der Waals surface area contributed by atoms with Crippen LogP contribution in [0.1, 0.15) is 27.3 Å². The lowest BCUT2D eigenvalue weighted by Gasteiger charge is -2.14. The third kappa shape index (κ3) is 3.91. The van der Waals surface area contributed by atoms with Crippen molar-refractivity contribution >= 4 is 11.8 Å². The maximum Gasteiger partial charge on any atom is 0.377 e. The molecule has 0 amide bonds. The lowest BCUT2D eigenvalue weighted by Crippen LogP contribution is -2.20. The van der Waals surface area contributed by atoms with Crippen LogP contribution >= 0.6 is 0 Å². The molecule has 152 valence electrons. The van der Waals surface area contributed by atoms with Gasteiger partial charge >= 0.3 is 5.97 Å². The van der Waals surface area contributed by atoms with E-state index < -0.39 is 5.97 Å². The molecular weight excluding hydrogens is 378 g/mol. The summed E-state index contributed by atoms with van der Waals surface area (Å²) in [7, 11) is 0. The first-order valence-electron chi connectivity index (χ1n) is 9.23. The Morgan fingerprint density at radius 3 is 2.69 bits per heavy atom. The molecule has 0 N–H and O–H groups in total. The van der Waals surface area contributed by atoms with E-state index >= 15 is 0 Å². The van der Waals surface area contributed by atoms with Crippen molar-refractivity contribution in [3.05, 3.63) is 58.8 Å². The van der Waals surface area contributed by atoms with E-state index in [0.29, 0.717) is 18.7 Å². The molecule has 8 nitrogen and oxygen atoms in total. The van der Waals surface area contributed by atoms with Crippen molar-refractivity contribution in [2.45, 2.75) is 20.4 Å². The summed E-state index contributed by atoms with van der Waals surface area (Å²) in [5, 5.41) is 0. The molecule has 0 radical (unpaired) electrons. The van der Waals surface area contributed by atoms with Crippen molar-refractivity contribution < 1.29 is 33.3 Å². The highest BCUT2D eigenvalue weighted by molar-refractivity contribution is 6.00. The van der Waals surface area contributed by atoms with Crippen LogP contribution in [0, 0.1) is 13.8 Å². The highest BCUT2D eigenvalue weighted by atomic mass is 16.7. The Kier molecular flexibility index (Phi) is 5.16. The van der Waals surface area contributed by atoms with Gasteiger partial charge in [0.05, 0.1) is 0 Å². The molecule has 0 saturated carbocycles. The lowest BCUT2D eigenvalue weighted by atomic mass is 10.1. The van der Waals surface area contributed by atoms with Gasteiger partial charge in [0.15, 0.2) is 18.1 Å². The van der Waals surface area contributed by atoms with Crippen LogP contribution in [-0.4, -0.2) is 42.9 Å². The fourth-order valence-corrected chi connectivity index (χ4v) is 3.30. The fraction of sp³-hybridized carbons (Fsp3) is 0.333. The number of hydrogen-bond donors (Lipinski definition) is 0. The number of carbonyl (C=O) groups is 2. The van der Waals surface area contributed by atoms with Crippen molar-refractivity contribution in [2.24, 2.45) is 0 Å². The number of ether oxygens (including phenoxy) is 5. The average molecular weight is 399 g/mol. The number of hydrogen-bond acceptors (Lipinski definition) is 7. The Morgan fingerprint density at radius 1 is 1.07 bits per heavy atom. The molecule has 0 atom stereocenters. The van der Waals surface area contributed by atoms with Crippen LogP contribution in [0.4, 0.5) is 0 Å². The summed E-state index contributed by atoms with van der Waals surface area (Å²) in [6, 6.07) is 7.58. The Balaban J connectivity index is 1.44. The summed E-state index contributed by atoms with van der Waals surface area (Å²) >= 11 is 0. The van der Waals surface area contributed by atoms with Crippen LogP contribution in [0.25, 0.3) is 0 Å². The first-order chi connectivity index (χ1) is 14.0. The van der Waals surface area contributed by atoms with E-state index in [4.69, 9.17) is 23.7 Å². The molecule has 0 unspecified atom stereocenters. The molecule has 1 aromatic carbocycles. The van der Waals surface area contributed by atoms with Gasteiger partial charge in [-0.15, -0.1) is 0 Å². The van der Waals surface area contributed by atoms with Gasteiger partial charge in [0.2, 0.25) is 18.3 Å². The summed E-state index contributed by atoms with van der Waals surface area (Å²) in [5.74, 6) is 0.427. The van der Waals surface area contributed by atoms with Gasteiger partial charge < -0.3 is 28.3 Å². The number of nitrogens with zero attached hydrogens (tertiary/aromatic N) is 1. The molecule has 2 aliphatic rings. The zero-order valence-electron chi connectivity index (χ0n) is 16.2. The molecule has 2 aromatic rings. The van der Waals surface area contributed by atoms with Crippen molar-refractivity contribution in [1.29, 1.82) is 0 Å². The molecule has 29 heavy (non-hydrogen) atoms. The summed E-state index contributed by atoms with van der Waals surface area (Å²) in [4.78, 5) is 24.6. The molecule has 3 heterocycles. The van der Waals surface area contributed by atoms with E-state index in [1.54, 1.807) is 6.07 Å². The number of Topliss-reactive ketones (excluding diaryl/α,β-unsaturated/α-hetero) is 1. The van der Waals surface area contributed by atoms with Crippen LogP contribution in [0.2, 0.25) is 0 Å². The highest BCUT2D eigenvalue weighted by Gasteiger charge is 2.21. The smallest absolute Gasteiger partial charge is 0.377 e. The van der Waals surface area contributed by atoms with Crippen LogP contribution in [0.3, 0.4) is 0 Å². The van der Waals surface area contributed by atoms with E-state index in [1.165, 1.54) is 6.26 Å². The second-order valence-electron chi connectivity index (χ2n) is 6.76. The van der Waals surface area contributed by atoms with Crippen LogP contribution < -0.4 is 9.47 Å². The second-order valence-corrected chi connectivity index (χ2v) is 6.76. The normalized spacial score (nSPS) is 14.6. The van der Waals surface area contributed by atoms with Gasteiger partial charge in [-0.2, -0.15) is 0 Å². The van der Waals surface area contributed by atoms with E-state index in [2.05, 4.69) is 0 Å². The van der Waals surface area contributed by atoms with Gasteiger partial charge in [-0.05, 0) is 37.6 Å². The quantitative estimate of drug-likeness (QED) is 0.545. The highest BCUT2D eigenvalue weighted by Crippen LogP contribution is 2.33. The first-order valence-corrected chi connectivity index (χ1v) is 9.23. The number of ketones is 1. The van der Waals surface area contributed by atoms with Crippen LogP contribution in [-0.2, 0) is 25.5 Å². The minimum absolute atomic E-state index is 0.0302. The molecular formula is C21H21NO7. The zero-order chi connectivity index (χ0) is 20.4. The molecule has 4 rings (SSSR count). The number of esters is 1. The molecule has 0 saturated heterocycles. The SMILES string of the molecule is Cc1cc(C(=O)COC(=O)C2=COCCO2)c(C)n1Cc1ccc2c(c1)OCO2. The Morgan fingerprint density at radius 2 is 1.90 bits per heavy atom. The number of benzene rings is 1. The minimum Gasteiger partial charge on any atom is -0.493 e. The van der Waals surface area contributed by atoms with E-state index in [0.717, 1.165) is 28.5 Å². The Hall–Kier alpha value is -3.42. The summed E-state index contributed by atoms with van der Waals surface area (Å²) in [5.41, 5.74) is 3.29. The second kappa shape index (κ2) is 7.90. The zero-order valence-corrected chi connectivity index (χ0v) is 16.2. The lowest BCUT2D eigenvalue weighted by molar-refractivity contribution is -0.143. The maximum atomic E-state index is 12.6. The van der Waals surface area contributed by atoms with Gasteiger partial charge in [-0.3, -0.25) is 4.79 Å². The Bertz CT molecular complexity index is 989. The minimum atomic E-state index is -0.716. The average Bonchev–Trinajstić information content (AvgIpc) is 3.31. The van der Waals surface area contributed by atoms with E-state index in [-0.39, 0.29) is 31.5 Å². The number of aromatic nitrogens is 1. The number of carbonyl (C=O) groups excluding carboxylic acids is 2. The molecule has 0 fully saturated rings. The van der Waals surface area contributed by atoms with Crippen molar-refractivity contribution in [1.82, 2.24) is 4.57 Å². The number of fused-ring (bicyclic) bond motifs is 1. The molecule has 0 bridgehead atoms. The molecule has 0 spiro atoms. The fourth-order valence-electron chi connectivity index (χ4n) is 3.30. The summed E-state index contributed by atoms with van der Waals surface area (Å²) < 4.78 is 28.0. The largest absolute Gasteiger partial charge is 0.493 e. The Labute approximate surface area is 167 Å². The predicted octanol–water partition coefficient (Wildman–Crippen LogP) is 2.50. The van der Waals surface area contributed by atoms with Crippen LogP contribution in [0.15, 0.2) is 36.3 Å². The van der Waals surface area contributed by atoms with E-state index in [9.17, 15) is 9.59 Å². The molecule has 8 heteroatoms. The van der Waals surface area contributed by atoms with Crippen LogP contribution in [0.5, 0.6) is 11.5 Å².